The summed E-state index contributed by atoms with van der Waals surface area (Å²) >= 11 is 0. The fourth-order valence-electron chi connectivity index (χ4n) is 5.31. The van der Waals surface area contributed by atoms with Crippen LogP contribution >= 0.6 is 0 Å². The van der Waals surface area contributed by atoms with E-state index in [-0.39, 0.29) is 17.7 Å². The summed E-state index contributed by atoms with van der Waals surface area (Å²) < 4.78 is 23.9. The zero-order valence-electron chi connectivity index (χ0n) is 24.1. The first-order chi connectivity index (χ1) is 21.4. The van der Waals surface area contributed by atoms with Gasteiger partial charge in [-0.15, -0.1) is 5.10 Å². The van der Waals surface area contributed by atoms with Gasteiger partial charge in [-0.25, -0.2) is 18.9 Å². The summed E-state index contributed by atoms with van der Waals surface area (Å²) in [6, 6.07) is 16.8. The first-order valence-electron chi connectivity index (χ1n) is 14.3. The van der Waals surface area contributed by atoms with E-state index < -0.39 is 11.8 Å². The first-order valence-corrected chi connectivity index (χ1v) is 14.3. The molecule has 1 aliphatic heterocycles. The Balaban J connectivity index is 1.14. The molecule has 0 bridgehead atoms. The third-order valence-electron chi connectivity index (χ3n) is 7.72. The number of nitrogens with zero attached hydrogens (tertiary/aromatic N) is 9. The predicted molar refractivity (Wildman–Crippen MR) is 159 cm³/mol. The zero-order chi connectivity index (χ0) is 30.6. The van der Waals surface area contributed by atoms with E-state index in [0.717, 1.165) is 54.5 Å². The highest BCUT2D eigenvalue weighted by Gasteiger charge is 2.22. The van der Waals surface area contributed by atoms with Crippen LogP contribution < -0.4 is 9.64 Å². The third-order valence-corrected chi connectivity index (χ3v) is 7.72. The second kappa shape index (κ2) is 12.5. The third kappa shape index (κ3) is 6.06. The molecular formula is C31H30FN9O3. The maximum atomic E-state index is 14.3. The Morgan fingerprint density at radius 2 is 1.91 bits per heavy atom. The molecule has 0 unspecified atom stereocenters. The molecule has 0 radical (unpaired) electrons. The van der Waals surface area contributed by atoms with Crippen molar-refractivity contribution >= 4 is 22.8 Å². The molecule has 0 saturated carbocycles. The van der Waals surface area contributed by atoms with Gasteiger partial charge in [0.25, 0.3) is 0 Å². The Kier molecular flexibility index (Phi) is 8.16. The number of carboxylic acids is 1. The molecule has 1 fully saturated rings. The van der Waals surface area contributed by atoms with E-state index in [1.54, 1.807) is 42.6 Å². The van der Waals surface area contributed by atoms with E-state index in [2.05, 4.69) is 29.7 Å². The minimum Gasteiger partial charge on any atom is -0.478 e. The second-order valence-electron chi connectivity index (χ2n) is 10.5. The summed E-state index contributed by atoms with van der Waals surface area (Å²) in [4.78, 5) is 25.7. The van der Waals surface area contributed by atoms with Crippen molar-refractivity contribution in [3.8, 4) is 11.9 Å². The van der Waals surface area contributed by atoms with Gasteiger partial charge in [0.1, 0.15) is 24.1 Å². The lowest BCUT2D eigenvalue weighted by molar-refractivity contribution is 0.0697. The molecule has 0 spiro atoms. The van der Waals surface area contributed by atoms with E-state index >= 15 is 0 Å². The van der Waals surface area contributed by atoms with Crippen LogP contribution in [0.1, 0.15) is 39.9 Å². The number of aryl methyl sites for hydroxylation is 1. The van der Waals surface area contributed by atoms with Gasteiger partial charge in [0.05, 0.1) is 53.2 Å². The van der Waals surface area contributed by atoms with Crippen molar-refractivity contribution in [1.82, 2.24) is 34.4 Å². The van der Waals surface area contributed by atoms with Gasteiger partial charge >= 0.3 is 5.97 Å². The normalized spacial score (nSPS) is 13.7. The Labute approximate surface area is 252 Å². The maximum absolute atomic E-state index is 14.3. The van der Waals surface area contributed by atoms with Crippen molar-refractivity contribution in [2.45, 2.75) is 33.2 Å². The number of aromatic carboxylic acids is 1. The molecule has 6 rings (SSSR count). The average molecular weight is 596 g/mol. The zero-order valence-corrected chi connectivity index (χ0v) is 24.1. The molecule has 5 aromatic rings. The molecule has 224 valence electrons. The molecular weight excluding hydrogens is 565 g/mol. The number of carbonyl (C=O) groups is 1. The lowest BCUT2D eigenvalue weighted by Gasteiger charge is -2.35. The van der Waals surface area contributed by atoms with Crippen LogP contribution in [-0.4, -0.2) is 71.7 Å². The van der Waals surface area contributed by atoms with Gasteiger partial charge < -0.3 is 19.3 Å². The van der Waals surface area contributed by atoms with Gasteiger partial charge in [-0.2, -0.15) is 10.2 Å². The molecule has 0 atom stereocenters. The Morgan fingerprint density at radius 1 is 1.07 bits per heavy atom. The number of hydrogen-bond donors (Lipinski definition) is 1. The summed E-state index contributed by atoms with van der Waals surface area (Å²) in [5.74, 6) is 0.533. The van der Waals surface area contributed by atoms with Crippen molar-refractivity contribution in [3.63, 3.8) is 0 Å². The molecule has 0 aliphatic carbocycles. The maximum Gasteiger partial charge on any atom is 0.335 e. The molecule has 1 aliphatic rings. The van der Waals surface area contributed by atoms with Crippen LogP contribution in [0.25, 0.3) is 11.0 Å². The standard InChI is InChI=1S/C31H30FN9O3/c1-2-41-24(17-34-37-41)18-40-27-15-22(31(42)43)8-9-26(27)35-29(40)19-38-10-12-39(13-11-38)28-4-3-5-30(36-28)44-20-23-7-6-21(16-33)14-25(23)32/h3-9,14-15,17H,2,10-13,18-20H2,1H3,(H,42,43). The highest BCUT2D eigenvalue weighted by Crippen LogP contribution is 2.23. The van der Waals surface area contributed by atoms with E-state index in [9.17, 15) is 14.3 Å². The number of ether oxygens (including phenoxy) is 1. The molecule has 4 heterocycles. The monoisotopic (exact) mass is 595 g/mol. The molecule has 2 aromatic carbocycles. The van der Waals surface area contributed by atoms with Crippen molar-refractivity contribution in [1.29, 1.82) is 5.26 Å². The molecule has 44 heavy (non-hydrogen) atoms. The molecule has 1 N–H and O–H groups in total. The van der Waals surface area contributed by atoms with Gasteiger partial charge in [-0.05, 0) is 43.3 Å². The topological polar surface area (TPSA) is 138 Å². The van der Waals surface area contributed by atoms with Crippen molar-refractivity contribution in [2.24, 2.45) is 0 Å². The fraction of sp³-hybridized carbons (Fsp3) is 0.290. The number of hydrogen-bond acceptors (Lipinski definition) is 9. The van der Waals surface area contributed by atoms with Crippen LogP contribution in [0.5, 0.6) is 5.88 Å². The average Bonchev–Trinajstić information content (AvgIpc) is 3.64. The smallest absolute Gasteiger partial charge is 0.335 e. The van der Waals surface area contributed by atoms with Gasteiger partial charge in [0.2, 0.25) is 5.88 Å². The van der Waals surface area contributed by atoms with E-state index in [0.29, 0.717) is 31.1 Å². The number of anilines is 1. The van der Waals surface area contributed by atoms with Crippen molar-refractivity contribution < 1.29 is 19.0 Å². The number of nitriles is 1. The summed E-state index contributed by atoms with van der Waals surface area (Å²) in [5, 5.41) is 26.7. The second-order valence-corrected chi connectivity index (χ2v) is 10.5. The Morgan fingerprint density at radius 3 is 2.66 bits per heavy atom. The van der Waals surface area contributed by atoms with Crippen LogP contribution in [0.3, 0.4) is 0 Å². The van der Waals surface area contributed by atoms with Crippen LogP contribution in [0.2, 0.25) is 0 Å². The fourth-order valence-corrected chi connectivity index (χ4v) is 5.31. The number of carboxylic acid groups (broad SMARTS) is 1. The lowest BCUT2D eigenvalue weighted by atomic mass is 10.1. The quantitative estimate of drug-likeness (QED) is 0.254. The van der Waals surface area contributed by atoms with Gasteiger partial charge in [-0.3, -0.25) is 4.90 Å². The van der Waals surface area contributed by atoms with Crippen molar-refractivity contribution in [3.05, 3.63) is 94.8 Å². The lowest BCUT2D eigenvalue weighted by Crippen LogP contribution is -2.46. The van der Waals surface area contributed by atoms with E-state index in [1.165, 1.54) is 6.07 Å². The highest BCUT2D eigenvalue weighted by atomic mass is 19.1. The Hall–Kier alpha value is -5.35. The largest absolute Gasteiger partial charge is 0.478 e. The van der Waals surface area contributed by atoms with Crippen LogP contribution in [0, 0.1) is 17.1 Å². The summed E-state index contributed by atoms with van der Waals surface area (Å²) in [5.41, 5.74) is 3.22. The Bertz CT molecular complexity index is 1850. The molecule has 0 amide bonds. The van der Waals surface area contributed by atoms with Gasteiger partial charge in [0, 0.05) is 44.4 Å². The van der Waals surface area contributed by atoms with Gasteiger partial charge in [-0.1, -0.05) is 17.3 Å². The van der Waals surface area contributed by atoms with Crippen LogP contribution in [-0.2, 0) is 26.2 Å². The number of piperazine rings is 1. The molecule has 3 aromatic heterocycles. The number of rotatable bonds is 10. The van der Waals surface area contributed by atoms with Crippen LogP contribution in [0.4, 0.5) is 10.2 Å². The number of halogens is 1. The van der Waals surface area contributed by atoms with Crippen molar-refractivity contribution in [2.75, 3.05) is 31.1 Å². The SMILES string of the molecule is CCn1nncc1Cn1c(CN2CCN(c3cccc(OCc4ccc(C#N)cc4F)n3)CC2)nc2ccc(C(=O)O)cc21. The predicted octanol–water partition coefficient (Wildman–Crippen LogP) is 3.70. The van der Waals surface area contributed by atoms with E-state index in [4.69, 9.17) is 15.0 Å². The number of imidazole rings is 1. The molecule has 12 nitrogen and oxygen atoms in total. The highest BCUT2D eigenvalue weighted by molar-refractivity contribution is 5.92. The number of benzene rings is 2. The number of aromatic nitrogens is 6. The molecule has 13 heteroatoms. The summed E-state index contributed by atoms with van der Waals surface area (Å²) in [6.07, 6.45) is 1.73. The number of pyridine rings is 1. The minimum absolute atomic E-state index is 0.00579. The first kappa shape index (κ1) is 28.8. The molecule has 1 saturated heterocycles. The summed E-state index contributed by atoms with van der Waals surface area (Å²) in [7, 11) is 0. The van der Waals surface area contributed by atoms with Crippen LogP contribution in [0.15, 0.2) is 60.8 Å². The summed E-state index contributed by atoms with van der Waals surface area (Å²) in [6.45, 7) is 6.73. The van der Waals surface area contributed by atoms with Gasteiger partial charge in [0.15, 0.2) is 0 Å². The van der Waals surface area contributed by atoms with E-state index in [1.807, 2.05) is 29.8 Å². The number of fused-ring (bicyclic) bond motifs is 1. The minimum atomic E-state index is -0.984.